The minimum Gasteiger partial charge on any atom is -0.286 e. The number of hydrogen-bond donors (Lipinski definition) is 1. The molecule has 4 nitrogen and oxygen atoms in total. The van der Waals surface area contributed by atoms with E-state index in [-0.39, 0.29) is 16.1 Å². The van der Waals surface area contributed by atoms with Gasteiger partial charge in [0.15, 0.2) is 0 Å². The summed E-state index contributed by atoms with van der Waals surface area (Å²) in [5.74, 6) is -1.06. The maximum Gasteiger partial charge on any atom is 0.223 e. The largest absolute Gasteiger partial charge is 0.286 e. The van der Waals surface area contributed by atoms with E-state index in [1.54, 1.807) is 18.2 Å². The number of hydrogen-bond acceptors (Lipinski definition) is 4. The highest BCUT2D eigenvalue weighted by Gasteiger charge is 2.17. The topological polar surface area (TPSA) is 65.2 Å². The minimum atomic E-state index is -0.563. The highest BCUT2D eigenvalue weighted by molar-refractivity contribution is 6.51. The maximum atomic E-state index is 13.1. The zero-order chi connectivity index (χ0) is 18.6. The van der Waals surface area contributed by atoms with Crippen molar-refractivity contribution in [3.05, 3.63) is 64.4 Å². The Balaban J connectivity index is 2.20. The molecule has 6 heteroatoms. The van der Waals surface area contributed by atoms with Crippen LogP contribution in [0.4, 0.5) is 10.1 Å². The first-order valence-corrected chi connectivity index (χ1v) is 7.94. The summed E-state index contributed by atoms with van der Waals surface area (Å²) in [6.07, 6.45) is 0. The van der Waals surface area contributed by atoms with Gasteiger partial charge in [0.25, 0.3) is 0 Å². The lowest BCUT2D eigenvalue weighted by atomic mass is 9.86. The molecule has 0 aliphatic carbocycles. The van der Waals surface area contributed by atoms with Gasteiger partial charge >= 0.3 is 0 Å². The van der Waals surface area contributed by atoms with Crippen LogP contribution in [-0.4, -0.2) is 11.5 Å². The molecule has 0 fully saturated rings. The summed E-state index contributed by atoms with van der Waals surface area (Å²) in [7, 11) is 0. The lowest BCUT2D eigenvalue weighted by molar-refractivity contribution is 0.106. The standard InChI is InChI=1S/C19H17ClFN3O/c1-19(2,3)13-6-4-12(5-7-13)18(25)17(11-22)24-23-14-8-9-16(21)15(20)10-14/h4-10,23H,1-3H3/b24-17+. The van der Waals surface area contributed by atoms with Gasteiger partial charge in [-0.15, -0.1) is 0 Å². The van der Waals surface area contributed by atoms with Crippen LogP contribution in [0.2, 0.25) is 5.02 Å². The van der Waals surface area contributed by atoms with Crippen molar-refractivity contribution in [1.82, 2.24) is 0 Å². The van der Waals surface area contributed by atoms with Crippen molar-refractivity contribution < 1.29 is 9.18 Å². The lowest BCUT2D eigenvalue weighted by Crippen LogP contribution is -2.15. The SMILES string of the molecule is CC(C)(C)c1ccc(C(=O)/C(C#N)=N/Nc2ccc(F)c(Cl)c2)cc1. The van der Waals surface area contributed by atoms with Crippen LogP contribution < -0.4 is 5.43 Å². The molecule has 0 radical (unpaired) electrons. The van der Waals surface area contributed by atoms with Crippen molar-refractivity contribution in [2.75, 3.05) is 5.43 Å². The third kappa shape index (κ3) is 4.65. The molecule has 0 spiro atoms. The van der Waals surface area contributed by atoms with E-state index in [1.807, 2.05) is 12.1 Å². The average Bonchev–Trinajstić information content (AvgIpc) is 2.57. The average molecular weight is 358 g/mol. The molecule has 0 saturated heterocycles. The van der Waals surface area contributed by atoms with Crippen LogP contribution in [0.25, 0.3) is 0 Å². The maximum absolute atomic E-state index is 13.1. The molecule has 0 aliphatic heterocycles. The van der Waals surface area contributed by atoms with Gasteiger partial charge in [0.1, 0.15) is 11.9 Å². The van der Waals surface area contributed by atoms with Gasteiger partial charge in [-0.1, -0.05) is 56.6 Å². The highest BCUT2D eigenvalue weighted by Crippen LogP contribution is 2.22. The molecule has 0 saturated carbocycles. The zero-order valence-corrected chi connectivity index (χ0v) is 14.9. The molecular weight excluding hydrogens is 341 g/mol. The Kier molecular flexibility index (Phi) is 5.55. The monoisotopic (exact) mass is 357 g/mol. The molecule has 2 aromatic rings. The number of anilines is 1. The molecule has 0 aromatic heterocycles. The molecule has 2 rings (SSSR count). The Labute approximate surface area is 150 Å². The quantitative estimate of drug-likeness (QED) is 0.478. The fourth-order valence-corrected chi connectivity index (χ4v) is 2.25. The number of carbonyl (C=O) groups is 1. The van der Waals surface area contributed by atoms with Gasteiger partial charge in [0.05, 0.1) is 10.7 Å². The van der Waals surface area contributed by atoms with E-state index < -0.39 is 11.6 Å². The molecular formula is C19H17ClFN3O. The van der Waals surface area contributed by atoms with Gasteiger partial charge in [-0.2, -0.15) is 10.4 Å². The van der Waals surface area contributed by atoms with Crippen molar-refractivity contribution in [2.45, 2.75) is 26.2 Å². The number of nitrogens with one attached hydrogen (secondary N) is 1. The van der Waals surface area contributed by atoms with Crippen molar-refractivity contribution in [3.63, 3.8) is 0 Å². The molecule has 0 unspecified atom stereocenters. The van der Waals surface area contributed by atoms with Gasteiger partial charge in [-0.05, 0) is 29.2 Å². The van der Waals surface area contributed by atoms with Crippen molar-refractivity contribution in [3.8, 4) is 6.07 Å². The summed E-state index contributed by atoms with van der Waals surface area (Å²) >= 11 is 5.68. The first-order valence-electron chi connectivity index (χ1n) is 7.56. The van der Waals surface area contributed by atoms with Gasteiger partial charge in [-0.25, -0.2) is 4.39 Å². The fourth-order valence-electron chi connectivity index (χ4n) is 2.07. The second-order valence-corrected chi connectivity index (χ2v) is 6.88. The van der Waals surface area contributed by atoms with Gasteiger partial charge in [0, 0.05) is 5.56 Å². The van der Waals surface area contributed by atoms with Crippen LogP contribution in [0.1, 0.15) is 36.7 Å². The van der Waals surface area contributed by atoms with Crippen LogP contribution in [0.3, 0.4) is 0 Å². The second kappa shape index (κ2) is 7.45. The van der Waals surface area contributed by atoms with E-state index in [4.69, 9.17) is 11.6 Å². The smallest absolute Gasteiger partial charge is 0.223 e. The van der Waals surface area contributed by atoms with Gasteiger partial charge in [-0.3, -0.25) is 10.2 Å². The summed E-state index contributed by atoms with van der Waals surface area (Å²) in [6, 6.07) is 12.7. The van der Waals surface area contributed by atoms with E-state index in [0.717, 1.165) is 5.56 Å². The Hall–Kier alpha value is -2.71. The van der Waals surface area contributed by atoms with E-state index >= 15 is 0 Å². The predicted molar refractivity (Wildman–Crippen MR) is 97.6 cm³/mol. The van der Waals surface area contributed by atoms with Crippen molar-refractivity contribution >= 4 is 28.8 Å². The Morgan fingerprint density at radius 1 is 1.20 bits per heavy atom. The molecule has 1 N–H and O–H groups in total. The normalized spacial score (nSPS) is 11.8. The van der Waals surface area contributed by atoms with Crippen molar-refractivity contribution in [2.24, 2.45) is 5.10 Å². The lowest BCUT2D eigenvalue weighted by Gasteiger charge is -2.18. The van der Waals surface area contributed by atoms with Crippen LogP contribution >= 0.6 is 11.6 Å². The third-order valence-corrected chi connectivity index (χ3v) is 3.84. The Morgan fingerprint density at radius 3 is 2.36 bits per heavy atom. The minimum absolute atomic E-state index is 0.0306. The molecule has 0 bridgehead atoms. The third-order valence-electron chi connectivity index (χ3n) is 3.55. The Bertz CT molecular complexity index is 862. The number of nitrogens with zero attached hydrogens (tertiary/aromatic N) is 2. The number of carbonyl (C=O) groups excluding carboxylic acids is 1. The molecule has 2 aromatic carbocycles. The summed E-state index contributed by atoms with van der Waals surface area (Å²) < 4.78 is 13.1. The molecule has 0 aliphatic rings. The zero-order valence-electron chi connectivity index (χ0n) is 14.1. The summed E-state index contributed by atoms with van der Waals surface area (Å²) in [6.45, 7) is 6.22. The fraction of sp³-hybridized carbons (Fsp3) is 0.211. The predicted octanol–water partition coefficient (Wildman–Crippen LogP) is 4.95. The van der Waals surface area contributed by atoms with Gasteiger partial charge in [0.2, 0.25) is 11.5 Å². The molecule has 25 heavy (non-hydrogen) atoms. The summed E-state index contributed by atoms with van der Waals surface area (Å²) in [5.41, 5.74) is 4.03. The number of rotatable bonds is 4. The number of halogens is 2. The number of benzene rings is 2. The molecule has 0 amide bonds. The number of hydrazone groups is 1. The molecule has 0 atom stereocenters. The van der Waals surface area contributed by atoms with Crippen LogP contribution in [-0.2, 0) is 5.41 Å². The molecule has 128 valence electrons. The number of ketones is 1. The second-order valence-electron chi connectivity index (χ2n) is 6.47. The Morgan fingerprint density at radius 2 is 1.84 bits per heavy atom. The van der Waals surface area contributed by atoms with Crippen LogP contribution in [0.5, 0.6) is 0 Å². The van der Waals surface area contributed by atoms with E-state index in [0.29, 0.717) is 11.3 Å². The number of nitriles is 1. The van der Waals surface area contributed by atoms with E-state index in [1.165, 1.54) is 18.2 Å². The first-order chi connectivity index (χ1) is 11.7. The molecule has 0 heterocycles. The van der Waals surface area contributed by atoms with E-state index in [9.17, 15) is 14.4 Å². The van der Waals surface area contributed by atoms with Crippen molar-refractivity contribution in [1.29, 1.82) is 5.26 Å². The highest BCUT2D eigenvalue weighted by atomic mass is 35.5. The van der Waals surface area contributed by atoms with Crippen LogP contribution in [0.15, 0.2) is 47.6 Å². The van der Waals surface area contributed by atoms with Crippen LogP contribution in [0, 0.1) is 17.1 Å². The first kappa shape index (κ1) is 18.6. The summed E-state index contributed by atoms with van der Waals surface area (Å²) in [4.78, 5) is 12.4. The van der Waals surface area contributed by atoms with E-state index in [2.05, 4.69) is 31.3 Å². The van der Waals surface area contributed by atoms with Gasteiger partial charge < -0.3 is 0 Å². The summed E-state index contributed by atoms with van der Waals surface area (Å²) in [5, 5.41) is 12.9. The number of Topliss-reactive ketones (excluding diaryl/α,β-unsaturated/α-hetero) is 1.